The number of hydrogen-bond acceptors (Lipinski definition) is 3. The van der Waals surface area contributed by atoms with Crippen molar-refractivity contribution >= 4 is 0 Å². The van der Waals surface area contributed by atoms with Gasteiger partial charge in [-0.1, -0.05) is 19.1 Å². The summed E-state index contributed by atoms with van der Waals surface area (Å²) in [6.07, 6.45) is 8.04. The van der Waals surface area contributed by atoms with Crippen LogP contribution in [-0.4, -0.2) is 30.2 Å². The van der Waals surface area contributed by atoms with Crippen LogP contribution in [0, 0.1) is 11.8 Å². The van der Waals surface area contributed by atoms with E-state index in [0.717, 1.165) is 25.7 Å². The van der Waals surface area contributed by atoms with E-state index in [4.69, 9.17) is 9.47 Å². The third-order valence-electron chi connectivity index (χ3n) is 4.10. The van der Waals surface area contributed by atoms with Crippen molar-refractivity contribution in [3.63, 3.8) is 0 Å². The van der Waals surface area contributed by atoms with Crippen molar-refractivity contribution in [1.82, 2.24) is 0 Å². The summed E-state index contributed by atoms with van der Waals surface area (Å²) in [6, 6.07) is 0. The Balaban J connectivity index is 2.09. The molecule has 3 heteroatoms. The first kappa shape index (κ1) is 13.1. The minimum absolute atomic E-state index is 0.276. The van der Waals surface area contributed by atoms with Crippen LogP contribution in [0.4, 0.5) is 0 Å². The highest BCUT2D eigenvalue weighted by Gasteiger charge is 2.53. The van der Waals surface area contributed by atoms with Crippen molar-refractivity contribution in [3.8, 4) is 0 Å². The van der Waals surface area contributed by atoms with Crippen molar-refractivity contribution in [1.29, 1.82) is 0 Å². The Morgan fingerprint density at radius 2 is 2.06 bits per heavy atom. The highest BCUT2D eigenvalue weighted by molar-refractivity contribution is 4.99. The highest BCUT2D eigenvalue weighted by atomic mass is 16.7. The van der Waals surface area contributed by atoms with Crippen LogP contribution in [-0.2, 0) is 9.47 Å². The van der Waals surface area contributed by atoms with Gasteiger partial charge in [-0.15, -0.1) is 0 Å². The Labute approximate surface area is 104 Å². The molecule has 2 rings (SSSR count). The smallest absolute Gasteiger partial charge is 0.171 e. The van der Waals surface area contributed by atoms with Crippen LogP contribution in [0.2, 0.25) is 0 Å². The number of aliphatic hydroxyl groups is 1. The molecule has 3 atom stereocenters. The summed E-state index contributed by atoms with van der Waals surface area (Å²) in [7, 11) is 0. The second kappa shape index (κ2) is 5.51. The fourth-order valence-electron chi connectivity index (χ4n) is 3.25. The molecule has 0 aromatic rings. The van der Waals surface area contributed by atoms with E-state index in [9.17, 15) is 5.11 Å². The van der Waals surface area contributed by atoms with E-state index in [1.165, 1.54) is 0 Å². The van der Waals surface area contributed by atoms with E-state index < -0.39 is 5.79 Å². The first-order chi connectivity index (χ1) is 8.19. The molecule has 1 aliphatic heterocycles. The van der Waals surface area contributed by atoms with Crippen LogP contribution in [0.25, 0.3) is 0 Å². The topological polar surface area (TPSA) is 38.7 Å². The van der Waals surface area contributed by atoms with E-state index in [0.29, 0.717) is 25.0 Å². The van der Waals surface area contributed by atoms with Gasteiger partial charge in [0.15, 0.2) is 5.79 Å². The molecule has 0 aromatic carbocycles. The van der Waals surface area contributed by atoms with Gasteiger partial charge in [0.2, 0.25) is 0 Å². The van der Waals surface area contributed by atoms with Gasteiger partial charge < -0.3 is 14.6 Å². The third kappa shape index (κ3) is 2.56. The van der Waals surface area contributed by atoms with Crippen molar-refractivity contribution in [2.24, 2.45) is 11.8 Å². The lowest BCUT2D eigenvalue weighted by Gasteiger charge is -2.32. The molecule has 1 heterocycles. The van der Waals surface area contributed by atoms with Gasteiger partial charge in [0.1, 0.15) is 0 Å². The first-order valence-corrected chi connectivity index (χ1v) is 6.80. The average molecular weight is 240 g/mol. The highest BCUT2D eigenvalue weighted by Crippen LogP contribution is 2.48. The molecule has 2 fully saturated rings. The molecule has 98 valence electrons. The van der Waals surface area contributed by atoms with Crippen LogP contribution in [0.5, 0.6) is 0 Å². The quantitative estimate of drug-likeness (QED) is 0.767. The molecule has 1 aliphatic carbocycles. The van der Waals surface area contributed by atoms with Crippen molar-refractivity contribution < 1.29 is 14.6 Å². The van der Waals surface area contributed by atoms with E-state index in [-0.39, 0.29) is 6.10 Å². The summed E-state index contributed by atoms with van der Waals surface area (Å²) in [5, 5.41) is 9.89. The minimum atomic E-state index is -0.403. The molecule has 0 amide bonds. The van der Waals surface area contributed by atoms with E-state index in [1.54, 1.807) is 0 Å². The lowest BCUT2D eigenvalue weighted by Crippen LogP contribution is -2.38. The van der Waals surface area contributed by atoms with E-state index in [1.807, 2.05) is 6.92 Å². The third-order valence-corrected chi connectivity index (χ3v) is 4.10. The van der Waals surface area contributed by atoms with Gasteiger partial charge in [-0.2, -0.15) is 0 Å². The molecular weight excluding hydrogens is 216 g/mol. The minimum Gasteiger partial charge on any atom is -0.393 e. The van der Waals surface area contributed by atoms with Crippen LogP contribution in [0.3, 0.4) is 0 Å². The van der Waals surface area contributed by atoms with Crippen LogP contribution in [0.15, 0.2) is 12.2 Å². The van der Waals surface area contributed by atoms with E-state index >= 15 is 0 Å². The molecule has 0 bridgehead atoms. The molecule has 2 aliphatic rings. The Morgan fingerprint density at radius 3 is 2.65 bits per heavy atom. The van der Waals surface area contributed by atoms with Gasteiger partial charge in [-0.05, 0) is 32.1 Å². The van der Waals surface area contributed by atoms with Gasteiger partial charge in [0, 0.05) is 12.3 Å². The van der Waals surface area contributed by atoms with Crippen molar-refractivity contribution in [2.45, 2.75) is 51.4 Å². The van der Waals surface area contributed by atoms with E-state index in [2.05, 4.69) is 19.1 Å². The monoisotopic (exact) mass is 240 g/mol. The molecule has 1 saturated carbocycles. The lowest BCUT2D eigenvalue weighted by molar-refractivity contribution is -0.188. The number of allylic oxidation sites excluding steroid dienone is 2. The molecule has 0 radical (unpaired) electrons. The zero-order valence-electron chi connectivity index (χ0n) is 10.9. The molecule has 3 nitrogen and oxygen atoms in total. The fourth-order valence-corrected chi connectivity index (χ4v) is 3.25. The number of hydrogen-bond donors (Lipinski definition) is 1. The predicted octanol–water partition coefficient (Wildman–Crippen LogP) is 2.49. The maximum absolute atomic E-state index is 9.89. The number of rotatable bonds is 4. The molecule has 1 N–H and O–H groups in total. The zero-order chi connectivity index (χ0) is 12.3. The average Bonchev–Trinajstić information content (AvgIpc) is 2.89. The molecule has 3 unspecified atom stereocenters. The number of aliphatic hydroxyl groups excluding tert-OH is 1. The fraction of sp³-hybridized carbons (Fsp3) is 0.857. The van der Waals surface area contributed by atoms with Gasteiger partial charge in [0.05, 0.1) is 19.3 Å². The van der Waals surface area contributed by atoms with Gasteiger partial charge in [-0.25, -0.2) is 0 Å². The van der Waals surface area contributed by atoms with Crippen LogP contribution >= 0.6 is 0 Å². The summed E-state index contributed by atoms with van der Waals surface area (Å²) in [6.45, 7) is 5.41. The Bertz CT molecular complexity index is 267. The second-order valence-corrected chi connectivity index (χ2v) is 5.17. The van der Waals surface area contributed by atoms with Crippen LogP contribution in [0.1, 0.15) is 39.5 Å². The Hall–Kier alpha value is -0.380. The normalized spacial score (nSPS) is 33.8. The molecule has 1 spiro atoms. The second-order valence-electron chi connectivity index (χ2n) is 5.17. The van der Waals surface area contributed by atoms with Crippen molar-refractivity contribution in [3.05, 3.63) is 12.2 Å². The summed E-state index contributed by atoms with van der Waals surface area (Å²) in [4.78, 5) is 0. The van der Waals surface area contributed by atoms with Gasteiger partial charge >= 0.3 is 0 Å². The summed E-state index contributed by atoms with van der Waals surface area (Å²) in [5.74, 6) is 0.196. The molecule has 1 saturated heterocycles. The Morgan fingerprint density at radius 1 is 1.35 bits per heavy atom. The summed E-state index contributed by atoms with van der Waals surface area (Å²) < 4.78 is 11.7. The lowest BCUT2D eigenvalue weighted by atomic mass is 9.86. The SMILES string of the molecule is CC/C=C\CC1C(C(C)O)CCC12OCCO2. The van der Waals surface area contributed by atoms with Gasteiger partial charge in [0.25, 0.3) is 0 Å². The van der Waals surface area contributed by atoms with Crippen molar-refractivity contribution in [2.75, 3.05) is 13.2 Å². The Kier molecular flexibility index (Phi) is 4.23. The molecule has 17 heavy (non-hydrogen) atoms. The molecule has 0 aromatic heterocycles. The summed E-state index contributed by atoms with van der Waals surface area (Å²) >= 11 is 0. The van der Waals surface area contributed by atoms with Gasteiger partial charge in [-0.3, -0.25) is 0 Å². The maximum atomic E-state index is 9.89. The first-order valence-electron chi connectivity index (χ1n) is 6.80. The maximum Gasteiger partial charge on any atom is 0.171 e. The van der Waals surface area contributed by atoms with Crippen LogP contribution < -0.4 is 0 Å². The number of ether oxygens (including phenoxy) is 2. The molecular formula is C14H24O3. The zero-order valence-corrected chi connectivity index (χ0v) is 10.9. The standard InChI is InChI=1S/C14H24O3/c1-3-4-5-6-13-12(11(2)15)7-8-14(13)16-9-10-17-14/h4-5,11-13,15H,3,6-10H2,1-2H3/b5-4-. The predicted molar refractivity (Wildman–Crippen MR) is 66.6 cm³/mol. The largest absolute Gasteiger partial charge is 0.393 e. The summed E-state index contributed by atoms with van der Waals surface area (Å²) in [5.41, 5.74) is 0.